The lowest BCUT2D eigenvalue weighted by atomic mass is 10.2. The standard InChI is InChI=1S/C15H28N2O3/c1-6-16(10-14(18)20-7-2)15(19)13(5)17-11(3)8-9-12(17)4/h11-13H,6-10H2,1-5H3. The fraction of sp³-hybridized carbons (Fsp3) is 0.867. The molecule has 0 spiro atoms. The predicted octanol–water partition coefficient (Wildman–Crippen LogP) is 1.66. The first kappa shape index (κ1) is 17.0. The zero-order valence-corrected chi connectivity index (χ0v) is 13.4. The van der Waals surface area contributed by atoms with E-state index in [1.807, 2.05) is 13.8 Å². The van der Waals surface area contributed by atoms with Crippen LogP contribution < -0.4 is 0 Å². The van der Waals surface area contributed by atoms with Gasteiger partial charge in [-0.2, -0.15) is 0 Å². The summed E-state index contributed by atoms with van der Waals surface area (Å²) >= 11 is 0. The molecule has 3 unspecified atom stereocenters. The van der Waals surface area contributed by atoms with Gasteiger partial charge in [0.15, 0.2) is 0 Å². The molecule has 5 nitrogen and oxygen atoms in total. The molecule has 0 aliphatic carbocycles. The zero-order valence-electron chi connectivity index (χ0n) is 13.4. The third-order valence-electron chi connectivity index (χ3n) is 4.14. The van der Waals surface area contributed by atoms with Crippen molar-refractivity contribution in [3.8, 4) is 0 Å². The number of carbonyl (C=O) groups is 2. The molecule has 116 valence electrons. The van der Waals surface area contributed by atoms with Crippen LogP contribution in [-0.4, -0.2) is 59.5 Å². The molecule has 20 heavy (non-hydrogen) atoms. The minimum absolute atomic E-state index is 0.0150. The van der Waals surface area contributed by atoms with Gasteiger partial charge in [0.1, 0.15) is 6.54 Å². The monoisotopic (exact) mass is 284 g/mol. The molecule has 3 atom stereocenters. The fourth-order valence-electron chi connectivity index (χ4n) is 3.08. The second-order valence-corrected chi connectivity index (χ2v) is 5.56. The van der Waals surface area contributed by atoms with Crippen LogP contribution in [0.4, 0.5) is 0 Å². The van der Waals surface area contributed by atoms with E-state index in [0.29, 0.717) is 25.2 Å². The summed E-state index contributed by atoms with van der Waals surface area (Å²) in [4.78, 5) is 28.0. The van der Waals surface area contributed by atoms with Gasteiger partial charge >= 0.3 is 5.97 Å². The number of likely N-dealkylation sites (N-methyl/N-ethyl adjacent to an activating group) is 1. The molecule has 0 aromatic carbocycles. The molecular weight excluding hydrogens is 256 g/mol. The SMILES string of the molecule is CCOC(=O)CN(CC)C(=O)C(C)N1C(C)CCC1C. The second-order valence-electron chi connectivity index (χ2n) is 5.56. The van der Waals surface area contributed by atoms with Gasteiger partial charge in [-0.3, -0.25) is 14.5 Å². The summed E-state index contributed by atoms with van der Waals surface area (Å²) in [6.07, 6.45) is 2.26. The van der Waals surface area contributed by atoms with Crippen molar-refractivity contribution < 1.29 is 14.3 Å². The Hall–Kier alpha value is -1.10. The Labute approximate surface area is 122 Å². The second kappa shape index (κ2) is 7.62. The van der Waals surface area contributed by atoms with Gasteiger partial charge in [0.2, 0.25) is 5.91 Å². The van der Waals surface area contributed by atoms with E-state index >= 15 is 0 Å². The Morgan fingerprint density at radius 2 is 1.80 bits per heavy atom. The average Bonchev–Trinajstić information content (AvgIpc) is 2.74. The molecule has 0 N–H and O–H groups in total. The van der Waals surface area contributed by atoms with Crippen molar-refractivity contribution in [1.29, 1.82) is 0 Å². The van der Waals surface area contributed by atoms with E-state index in [-0.39, 0.29) is 24.5 Å². The van der Waals surface area contributed by atoms with Crippen LogP contribution in [0.1, 0.15) is 47.5 Å². The van der Waals surface area contributed by atoms with Crippen LogP contribution in [0.15, 0.2) is 0 Å². The average molecular weight is 284 g/mol. The number of esters is 1. The fourth-order valence-corrected chi connectivity index (χ4v) is 3.08. The number of likely N-dealkylation sites (tertiary alicyclic amines) is 1. The Balaban J connectivity index is 2.67. The quantitative estimate of drug-likeness (QED) is 0.696. The summed E-state index contributed by atoms with van der Waals surface area (Å²) in [5, 5.41) is 0. The van der Waals surface area contributed by atoms with Crippen LogP contribution in [-0.2, 0) is 14.3 Å². The van der Waals surface area contributed by atoms with Crippen molar-refractivity contribution in [2.24, 2.45) is 0 Å². The van der Waals surface area contributed by atoms with E-state index in [1.54, 1.807) is 11.8 Å². The zero-order chi connectivity index (χ0) is 15.3. The maximum absolute atomic E-state index is 12.6. The Morgan fingerprint density at radius 1 is 1.25 bits per heavy atom. The van der Waals surface area contributed by atoms with E-state index in [2.05, 4.69) is 18.7 Å². The van der Waals surface area contributed by atoms with Gasteiger partial charge in [-0.05, 0) is 47.5 Å². The Bertz CT molecular complexity index is 336. The molecule has 1 heterocycles. The third-order valence-corrected chi connectivity index (χ3v) is 4.14. The van der Waals surface area contributed by atoms with Crippen molar-refractivity contribution in [3.05, 3.63) is 0 Å². The summed E-state index contributed by atoms with van der Waals surface area (Å²) < 4.78 is 4.93. The van der Waals surface area contributed by atoms with Crippen LogP contribution in [0.5, 0.6) is 0 Å². The van der Waals surface area contributed by atoms with Crippen LogP contribution >= 0.6 is 0 Å². The number of hydrogen-bond donors (Lipinski definition) is 0. The largest absolute Gasteiger partial charge is 0.465 e. The highest BCUT2D eigenvalue weighted by Crippen LogP contribution is 2.26. The molecule has 0 saturated carbocycles. The summed E-state index contributed by atoms with van der Waals surface area (Å²) in [5.74, 6) is -0.321. The molecule has 1 amide bonds. The van der Waals surface area contributed by atoms with Gasteiger partial charge in [0.05, 0.1) is 12.6 Å². The van der Waals surface area contributed by atoms with E-state index in [4.69, 9.17) is 4.74 Å². The molecule has 1 aliphatic rings. The first-order chi connectivity index (χ1) is 9.42. The number of hydrogen-bond acceptors (Lipinski definition) is 4. The normalized spacial score (nSPS) is 24.4. The first-order valence-corrected chi connectivity index (χ1v) is 7.64. The van der Waals surface area contributed by atoms with Gasteiger partial charge in [-0.1, -0.05) is 0 Å². The molecular formula is C15H28N2O3. The third kappa shape index (κ3) is 3.95. The van der Waals surface area contributed by atoms with Gasteiger partial charge in [0.25, 0.3) is 0 Å². The molecule has 5 heteroatoms. The summed E-state index contributed by atoms with van der Waals surface area (Å²) in [7, 11) is 0. The smallest absolute Gasteiger partial charge is 0.325 e. The number of rotatable bonds is 6. The lowest BCUT2D eigenvalue weighted by Crippen LogP contribution is -2.51. The Morgan fingerprint density at radius 3 is 2.25 bits per heavy atom. The highest BCUT2D eigenvalue weighted by atomic mass is 16.5. The molecule has 0 bridgehead atoms. The molecule has 0 radical (unpaired) electrons. The van der Waals surface area contributed by atoms with Gasteiger partial charge in [0, 0.05) is 18.6 Å². The maximum atomic E-state index is 12.6. The number of carbonyl (C=O) groups excluding carboxylic acids is 2. The molecule has 1 fully saturated rings. The minimum atomic E-state index is -0.336. The summed E-state index contributed by atoms with van der Waals surface area (Å²) in [6.45, 7) is 10.8. The lowest BCUT2D eigenvalue weighted by molar-refractivity contribution is -0.150. The van der Waals surface area contributed by atoms with Crippen molar-refractivity contribution in [2.45, 2.75) is 65.6 Å². The van der Waals surface area contributed by atoms with Crippen molar-refractivity contribution >= 4 is 11.9 Å². The number of nitrogens with zero attached hydrogens (tertiary/aromatic N) is 2. The van der Waals surface area contributed by atoms with Crippen molar-refractivity contribution in [2.75, 3.05) is 19.7 Å². The highest BCUT2D eigenvalue weighted by Gasteiger charge is 2.36. The van der Waals surface area contributed by atoms with E-state index in [9.17, 15) is 9.59 Å². The van der Waals surface area contributed by atoms with Crippen molar-refractivity contribution in [3.63, 3.8) is 0 Å². The van der Waals surface area contributed by atoms with Crippen LogP contribution in [0.3, 0.4) is 0 Å². The van der Waals surface area contributed by atoms with E-state index < -0.39 is 0 Å². The highest BCUT2D eigenvalue weighted by molar-refractivity contribution is 5.85. The molecule has 1 aliphatic heterocycles. The molecule has 0 aromatic rings. The lowest BCUT2D eigenvalue weighted by Gasteiger charge is -2.34. The predicted molar refractivity (Wildman–Crippen MR) is 78.3 cm³/mol. The minimum Gasteiger partial charge on any atom is -0.465 e. The van der Waals surface area contributed by atoms with E-state index in [1.165, 1.54) is 0 Å². The molecule has 0 aromatic heterocycles. The van der Waals surface area contributed by atoms with Crippen LogP contribution in [0, 0.1) is 0 Å². The number of ether oxygens (including phenoxy) is 1. The Kier molecular flexibility index (Phi) is 6.46. The van der Waals surface area contributed by atoms with Gasteiger partial charge in [-0.15, -0.1) is 0 Å². The van der Waals surface area contributed by atoms with Crippen LogP contribution in [0.2, 0.25) is 0 Å². The molecule has 1 rings (SSSR count). The van der Waals surface area contributed by atoms with Crippen molar-refractivity contribution in [1.82, 2.24) is 9.80 Å². The maximum Gasteiger partial charge on any atom is 0.325 e. The molecule has 1 saturated heterocycles. The number of amides is 1. The van der Waals surface area contributed by atoms with Gasteiger partial charge in [-0.25, -0.2) is 0 Å². The summed E-state index contributed by atoms with van der Waals surface area (Å²) in [6, 6.07) is 0.660. The topological polar surface area (TPSA) is 49.9 Å². The van der Waals surface area contributed by atoms with E-state index in [0.717, 1.165) is 12.8 Å². The van der Waals surface area contributed by atoms with Crippen LogP contribution in [0.25, 0.3) is 0 Å². The first-order valence-electron chi connectivity index (χ1n) is 7.64. The van der Waals surface area contributed by atoms with Gasteiger partial charge < -0.3 is 9.64 Å². The summed E-state index contributed by atoms with van der Waals surface area (Å²) in [5.41, 5.74) is 0.